The summed E-state index contributed by atoms with van der Waals surface area (Å²) >= 11 is 0. The van der Waals surface area contributed by atoms with Crippen LogP contribution in [-0.4, -0.2) is 30.5 Å². The van der Waals surface area contributed by atoms with E-state index in [4.69, 9.17) is 9.47 Å². The van der Waals surface area contributed by atoms with Crippen molar-refractivity contribution in [2.24, 2.45) is 5.92 Å². The van der Waals surface area contributed by atoms with Gasteiger partial charge in [0.1, 0.15) is 5.82 Å². The van der Waals surface area contributed by atoms with E-state index in [1.807, 2.05) is 31.2 Å². The molecule has 116 valence electrons. The average molecular weight is 299 g/mol. The molecule has 1 aliphatic heterocycles. The molecule has 0 fully saturated rings. The van der Waals surface area contributed by atoms with E-state index in [0.717, 1.165) is 42.4 Å². The lowest BCUT2D eigenvalue weighted by atomic mass is 9.92. The van der Waals surface area contributed by atoms with E-state index in [0.29, 0.717) is 12.5 Å². The molecule has 0 bridgehead atoms. The average Bonchev–Trinajstić information content (AvgIpc) is 2.56. The van der Waals surface area contributed by atoms with E-state index < -0.39 is 0 Å². The maximum atomic E-state index is 5.91. The molecule has 0 spiro atoms. The molecule has 5 heteroatoms. The molecule has 1 N–H and O–H groups in total. The van der Waals surface area contributed by atoms with Crippen molar-refractivity contribution in [3.63, 3.8) is 0 Å². The summed E-state index contributed by atoms with van der Waals surface area (Å²) in [5.74, 6) is 2.93. The number of para-hydroxylation sites is 1. The highest BCUT2D eigenvalue weighted by Gasteiger charge is 2.23. The summed E-state index contributed by atoms with van der Waals surface area (Å²) in [5, 5.41) is 11.6. The second-order valence-electron chi connectivity index (χ2n) is 5.47. The van der Waals surface area contributed by atoms with Crippen LogP contribution in [-0.2, 0) is 12.8 Å². The minimum Gasteiger partial charge on any atom is -0.493 e. The normalized spacial score (nSPS) is 16.5. The minimum atomic E-state index is 0.416. The lowest BCUT2D eigenvalue weighted by Crippen LogP contribution is -2.23. The quantitative estimate of drug-likeness (QED) is 0.920. The fourth-order valence-electron chi connectivity index (χ4n) is 2.79. The van der Waals surface area contributed by atoms with E-state index in [1.165, 1.54) is 5.56 Å². The van der Waals surface area contributed by atoms with Crippen LogP contribution in [0.1, 0.15) is 18.2 Å². The Kier molecular flexibility index (Phi) is 4.42. The van der Waals surface area contributed by atoms with Crippen molar-refractivity contribution < 1.29 is 9.47 Å². The largest absolute Gasteiger partial charge is 0.493 e. The predicted octanol–water partition coefficient (Wildman–Crippen LogP) is 2.71. The van der Waals surface area contributed by atoms with Crippen LogP contribution in [0.2, 0.25) is 0 Å². The molecule has 2 heterocycles. The number of nitrogens with one attached hydrogen (secondary N) is 1. The number of nitrogens with zero attached hydrogens (tertiary/aromatic N) is 2. The van der Waals surface area contributed by atoms with Crippen LogP contribution < -0.4 is 14.8 Å². The number of aromatic nitrogens is 2. The van der Waals surface area contributed by atoms with Crippen LogP contribution in [0.3, 0.4) is 0 Å². The van der Waals surface area contributed by atoms with Crippen molar-refractivity contribution in [1.29, 1.82) is 0 Å². The van der Waals surface area contributed by atoms with Gasteiger partial charge in [0, 0.05) is 12.5 Å². The third kappa shape index (κ3) is 3.13. The van der Waals surface area contributed by atoms with Gasteiger partial charge in [-0.1, -0.05) is 12.1 Å². The number of benzene rings is 1. The predicted molar refractivity (Wildman–Crippen MR) is 85.6 cm³/mol. The number of hydrogen-bond acceptors (Lipinski definition) is 5. The van der Waals surface area contributed by atoms with Crippen molar-refractivity contribution in [1.82, 2.24) is 10.2 Å². The molecular weight excluding hydrogens is 278 g/mol. The molecule has 0 aliphatic carbocycles. The van der Waals surface area contributed by atoms with Crippen molar-refractivity contribution in [2.75, 3.05) is 25.6 Å². The molecule has 2 aromatic rings. The summed E-state index contributed by atoms with van der Waals surface area (Å²) in [6.07, 6.45) is 1.85. The van der Waals surface area contributed by atoms with Crippen LogP contribution in [0.25, 0.3) is 0 Å². The maximum absolute atomic E-state index is 5.91. The first-order valence-corrected chi connectivity index (χ1v) is 7.65. The first-order chi connectivity index (χ1) is 10.8. The second-order valence-corrected chi connectivity index (χ2v) is 5.47. The topological polar surface area (TPSA) is 56.3 Å². The Morgan fingerprint density at radius 2 is 2.18 bits per heavy atom. The molecule has 5 nitrogen and oxygen atoms in total. The number of anilines is 1. The van der Waals surface area contributed by atoms with E-state index in [-0.39, 0.29) is 0 Å². The van der Waals surface area contributed by atoms with Crippen LogP contribution in [0.5, 0.6) is 11.5 Å². The fourth-order valence-corrected chi connectivity index (χ4v) is 2.79. The molecule has 1 aromatic heterocycles. The summed E-state index contributed by atoms with van der Waals surface area (Å²) in [7, 11) is 1.67. The van der Waals surface area contributed by atoms with Crippen molar-refractivity contribution in [2.45, 2.75) is 19.8 Å². The van der Waals surface area contributed by atoms with Gasteiger partial charge in [0.25, 0.3) is 0 Å². The Labute approximate surface area is 130 Å². The molecule has 0 saturated heterocycles. The van der Waals surface area contributed by atoms with Crippen molar-refractivity contribution in [3.05, 3.63) is 41.6 Å². The Bertz CT molecular complexity index is 628. The molecule has 1 aromatic carbocycles. The standard InChI is InChI=1S/C17H21N3O2/c1-3-18-16-8-7-14(19-20-16)10-12-9-13-5-4-6-15(21-2)17(13)22-11-12/h4-8,12H,3,9-11H2,1-2H3,(H,18,20). The van der Waals surface area contributed by atoms with E-state index in [1.54, 1.807) is 7.11 Å². The van der Waals surface area contributed by atoms with Gasteiger partial charge >= 0.3 is 0 Å². The molecule has 1 atom stereocenters. The summed E-state index contributed by atoms with van der Waals surface area (Å²) in [6, 6.07) is 10.1. The second kappa shape index (κ2) is 6.64. The number of methoxy groups -OCH3 is 1. The zero-order valence-electron chi connectivity index (χ0n) is 13.0. The number of hydrogen-bond donors (Lipinski definition) is 1. The Hall–Kier alpha value is -2.30. The highest BCUT2D eigenvalue weighted by Crippen LogP contribution is 2.36. The molecular formula is C17H21N3O2. The van der Waals surface area contributed by atoms with Crippen LogP contribution in [0.4, 0.5) is 5.82 Å². The van der Waals surface area contributed by atoms with Gasteiger partial charge in [0.15, 0.2) is 11.5 Å². The monoisotopic (exact) mass is 299 g/mol. The zero-order chi connectivity index (χ0) is 15.4. The Morgan fingerprint density at radius 3 is 2.91 bits per heavy atom. The fraction of sp³-hybridized carbons (Fsp3) is 0.412. The molecule has 0 amide bonds. The van der Waals surface area contributed by atoms with Gasteiger partial charge in [-0.15, -0.1) is 5.10 Å². The van der Waals surface area contributed by atoms with Gasteiger partial charge < -0.3 is 14.8 Å². The van der Waals surface area contributed by atoms with E-state index >= 15 is 0 Å². The number of fused-ring (bicyclic) bond motifs is 1. The summed E-state index contributed by atoms with van der Waals surface area (Å²) in [5.41, 5.74) is 2.20. The van der Waals surface area contributed by atoms with Gasteiger partial charge in [-0.2, -0.15) is 5.10 Å². The van der Waals surface area contributed by atoms with E-state index in [9.17, 15) is 0 Å². The van der Waals surface area contributed by atoms with Gasteiger partial charge in [-0.25, -0.2) is 0 Å². The lowest BCUT2D eigenvalue weighted by Gasteiger charge is -2.26. The third-order valence-electron chi connectivity index (χ3n) is 3.83. The van der Waals surface area contributed by atoms with Gasteiger partial charge in [0.05, 0.1) is 19.4 Å². The third-order valence-corrected chi connectivity index (χ3v) is 3.83. The van der Waals surface area contributed by atoms with E-state index in [2.05, 4.69) is 21.6 Å². The minimum absolute atomic E-state index is 0.416. The van der Waals surface area contributed by atoms with Crippen molar-refractivity contribution >= 4 is 5.82 Å². The van der Waals surface area contributed by atoms with Gasteiger partial charge in [-0.3, -0.25) is 0 Å². The molecule has 3 rings (SSSR count). The molecule has 22 heavy (non-hydrogen) atoms. The molecule has 0 radical (unpaired) electrons. The van der Waals surface area contributed by atoms with Crippen molar-refractivity contribution in [3.8, 4) is 11.5 Å². The summed E-state index contributed by atoms with van der Waals surface area (Å²) in [6.45, 7) is 3.58. The Balaban J connectivity index is 1.67. The molecule has 0 saturated carbocycles. The lowest BCUT2D eigenvalue weighted by molar-refractivity contribution is 0.210. The van der Waals surface area contributed by atoms with Crippen LogP contribution in [0, 0.1) is 5.92 Å². The SMILES string of the molecule is CCNc1ccc(CC2COc3c(cccc3OC)C2)nn1. The summed E-state index contributed by atoms with van der Waals surface area (Å²) < 4.78 is 11.3. The zero-order valence-corrected chi connectivity index (χ0v) is 13.0. The number of ether oxygens (including phenoxy) is 2. The molecule has 1 aliphatic rings. The first-order valence-electron chi connectivity index (χ1n) is 7.65. The summed E-state index contributed by atoms with van der Waals surface area (Å²) in [4.78, 5) is 0. The Morgan fingerprint density at radius 1 is 1.27 bits per heavy atom. The van der Waals surface area contributed by atoms with Crippen LogP contribution in [0.15, 0.2) is 30.3 Å². The van der Waals surface area contributed by atoms with Gasteiger partial charge in [-0.05, 0) is 43.5 Å². The number of rotatable bonds is 5. The highest BCUT2D eigenvalue weighted by molar-refractivity contribution is 5.47. The smallest absolute Gasteiger partial charge is 0.164 e. The van der Waals surface area contributed by atoms with Gasteiger partial charge in [0.2, 0.25) is 0 Å². The maximum Gasteiger partial charge on any atom is 0.164 e. The van der Waals surface area contributed by atoms with Crippen LogP contribution >= 0.6 is 0 Å². The highest BCUT2D eigenvalue weighted by atomic mass is 16.5. The molecule has 1 unspecified atom stereocenters. The first kappa shape index (κ1) is 14.6.